The third kappa shape index (κ3) is 3.94. The molecule has 2 aromatic heterocycles. The van der Waals surface area contributed by atoms with Gasteiger partial charge in [0.15, 0.2) is 5.65 Å². The van der Waals surface area contributed by atoms with Crippen LogP contribution in [0, 0.1) is 19.7 Å². The van der Waals surface area contributed by atoms with Crippen molar-refractivity contribution in [2.45, 2.75) is 51.9 Å². The largest absolute Gasteiger partial charge is 0.489 e. The molecule has 8 nitrogen and oxygen atoms in total. The van der Waals surface area contributed by atoms with Crippen LogP contribution in [0.1, 0.15) is 45.8 Å². The van der Waals surface area contributed by atoms with Crippen LogP contribution in [0.3, 0.4) is 0 Å². The Labute approximate surface area is 195 Å². The van der Waals surface area contributed by atoms with E-state index in [9.17, 15) is 9.18 Å². The first-order chi connectivity index (χ1) is 15.9. The van der Waals surface area contributed by atoms with E-state index in [1.165, 1.54) is 18.2 Å². The van der Waals surface area contributed by atoms with Crippen molar-refractivity contribution in [1.29, 1.82) is 0 Å². The number of carbonyl (C=O) groups excluding carboxylic acids is 1. The van der Waals surface area contributed by atoms with Crippen LogP contribution >= 0.6 is 11.6 Å². The van der Waals surface area contributed by atoms with E-state index in [1.807, 2.05) is 13.8 Å². The lowest BCUT2D eigenvalue weighted by atomic mass is 9.89. The van der Waals surface area contributed by atoms with E-state index in [2.05, 4.69) is 15.4 Å². The summed E-state index contributed by atoms with van der Waals surface area (Å²) in [7, 11) is 0. The van der Waals surface area contributed by atoms with E-state index in [0.29, 0.717) is 35.9 Å². The molecule has 0 atom stereocenters. The molecule has 1 aliphatic heterocycles. The van der Waals surface area contributed by atoms with Gasteiger partial charge < -0.3 is 20.1 Å². The molecule has 2 aliphatic rings. The molecule has 1 fully saturated rings. The fourth-order valence-electron chi connectivity index (χ4n) is 4.47. The third-order valence-electron chi connectivity index (χ3n) is 6.35. The molecule has 3 heterocycles. The number of nitrogens with one attached hydrogen (secondary N) is 1. The highest BCUT2D eigenvalue weighted by Gasteiger charge is 2.34. The van der Waals surface area contributed by atoms with E-state index < -0.39 is 5.82 Å². The van der Waals surface area contributed by atoms with Crippen LogP contribution in [0.2, 0.25) is 5.02 Å². The van der Waals surface area contributed by atoms with Gasteiger partial charge in [0.2, 0.25) is 0 Å². The Kier molecular flexibility index (Phi) is 5.72. The average molecular weight is 474 g/mol. The molecule has 0 radical (unpaired) electrons. The molecule has 1 saturated carbocycles. The quantitative estimate of drug-likeness (QED) is 0.572. The number of amides is 1. The number of hydrogen-bond donors (Lipinski definition) is 2. The van der Waals surface area contributed by atoms with Crippen molar-refractivity contribution in [3.05, 3.63) is 57.2 Å². The number of nitrogens with zero attached hydrogens (tertiary/aromatic N) is 4. The van der Waals surface area contributed by atoms with E-state index in [4.69, 9.17) is 21.4 Å². The van der Waals surface area contributed by atoms with Crippen molar-refractivity contribution in [3.8, 4) is 5.75 Å². The van der Waals surface area contributed by atoms with Gasteiger partial charge in [-0.1, -0.05) is 11.6 Å². The highest BCUT2D eigenvalue weighted by atomic mass is 35.5. The van der Waals surface area contributed by atoms with Gasteiger partial charge in [-0.2, -0.15) is 5.10 Å². The molecule has 3 aromatic rings. The van der Waals surface area contributed by atoms with Gasteiger partial charge in [0.25, 0.3) is 5.91 Å². The number of aliphatic hydroxyl groups excluding tert-OH is 1. The Morgan fingerprint density at radius 3 is 2.88 bits per heavy atom. The summed E-state index contributed by atoms with van der Waals surface area (Å²) in [6.07, 6.45) is 1.38. The number of benzene rings is 1. The zero-order valence-corrected chi connectivity index (χ0v) is 19.2. The van der Waals surface area contributed by atoms with Crippen LogP contribution in [0.5, 0.6) is 5.75 Å². The van der Waals surface area contributed by atoms with Gasteiger partial charge in [0.05, 0.1) is 47.4 Å². The molecule has 5 rings (SSSR count). The van der Waals surface area contributed by atoms with Gasteiger partial charge in [-0.3, -0.25) is 4.79 Å². The molecule has 1 amide bonds. The van der Waals surface area contributed by atoms with Gasteiger partial charge >= 0.3 is 0 Å². The van der Waals surface area contributed by atoms with E-state index in [1.54, 1.807) is 9.42 Å². The van der Waals surface area contributed by atoms with E-state index >= 15 is 0 Å². The Balaban J connectivity index is 1.34. The molecule has 0 spiro atoms. The number of carbonyl (C=O) groups is 1. The standard InChI is InChI=1S/C23H25ClFN5O3/c1-12-21(24)13(2)30-22(27-12)18-10-29(11-19(18)28-30)23(32)17-4-3-14(25)7-20(17)33-16-8-15(9-16)26-5-6-31/h3-4,7,15-16,26,31H,5-6,8-11H2,1-2H3/t15-,16+. The first-order valence-electron chi connectivity index (χ1n) is 11.0. The molecular formula is C23H25ClFN5O3. The normalized spacial score (nSPS) is 19.6. The minimum Gasteiger partial charge on any atom is -0.489 e. The Hall–Kier alpha value is -2.75. The molecule has 2 N–H and O–H groups in total. The number of aryl methyl sites for hydroxylation is 2. The van der Waals surface area contributed by atoms with Crippen molar-refractivity contribution in [2.24, 2.45) is 0 Å². The molecule has 0 bridgehead atoms. The SMILES string of the molecule is Cc1nc2c3c(nn2c(C)c1Cl)CN(C(=O)c1ccc(F)cc1O[C@H]1C[C@@H](NCCO)C1)C3. The molecule has 1 aromatic carbocycles. The summed E-state index contributed by atoms with van der Waals surface area (Å²) in [4.78, 5) is 19.6. The van der Waals surface area contributed by atoms with E-state index in [0.717, 1.165) is 35.5 Å². The van der Waals surface area contributed by atoms with Gasteiger partial charge in [0, 0.05) is 24.2 Å². The number of rotatable bonds is 6. The predicted molar refractivity (Wildman–Crippen MR) is 120 cm³/mol. The fourth-order valence-corrected chi connectivity index (χ4v) is 4.60. The van der Waals surface area contributed by atoms with Crippen molar-refractivity contribution < 1.29 is 19.0 Å². The Morgan fingerprint density at radius 2 is 2.12 bits per heavy atom. The summed E-state index contributed by atoms with van der Waals surface area (Å²) < 4.78 is 21.7. The predicted octanol–water partition coefficient (Wildman–Crippen LogP) is 2.79. The monoisotopic (exact) mass is 473 g/mol. The molecule has 174 valence electrons. The first kappa shape index (κ1) is 22.1. The lowest BCUT2D eigenvalue weighted by Gasteiger charge is -2.36. The number of aromatic nitrogens is 3. The number of hydrogen-bond acceptors (Lipinski definition) is 6. The maximum absolute atomic E-state index is 14.0. The maximum atomic E-state index is 14.0. The fraction of sp³-hybridized carbons (Fsp3) is 0.435. The van der Waals surface area contributed by atoms with Crippen molar-refractivity contribution in [3.63, 3.8) is 0 Å². The number of halogens is 2. The first-order valence-corrected chi connectivity index (χ1v) is 11.4. The van der Waals surface area contributed by atoms with Crippen LogP contribution < -0.4 is 10.1 Å². The molecule has 10 heteroatoms. The van der Waals surface area contributed by atoms with Crippen molar-refractivity contribution in [2.75, 3.05) is 13.2 Å². The van der Waals surface area contributed by atoms with Gasteiger partial charge in [-0.15, -0.1) is 0 Å². The second kappa shape index (κ2) is 8.55. The molecular weight excluding hydrogens is 449 g/mol. The Bertz CT molecular complexity index is 1240. The van der Waals surface area contributed by atoms with Crippen LogP contribution in [-0.2, 0) is 13.1 Å². The van der Waals surface area contributed by atoms with Gasteiger partial charge in [-0.05, 0) is 38.8 Å². The number of aliphatic hydroxyl groups is 1. The zero-order valence-electron chi connectivity index (χ0n) is 18.4. The topological polar surface area (TPSA) is 92.0 Å². The van der Waals surface area contributed by atoms with Crippen molar-refractivity contribution >= 4 is 23.2 Å². The van der Waals surface area contributed by atoms with Crippen molar-refractivity contribution in [1.82, 2.24) is 24.8 Å². The third-order valence-corrected chi connectivity index (χ3v) is 6.90. The minimum atomic E-state index is -0.453. The number of ether oxygens (including phenoxy) is 1. The highest BCUT2D eigenvalue weighted by Crippen LogP contribution is 2.33. The summed E-state index contributed by atoms with van der Waals surface area (Å²) in [5, 5.41) is 17.3. The number of fused-ring (bicyclic) bond motifs is 3. The van der Waals surface area contributed by atoms with Gasteiger partial charge in [0.1, 0.15) is 17.7 Å². The summed E-state index contributed by atoms with van der Waals surface area (Å²) in [6.45, 7) is 5.04. The Morgan fingerprint density at radius 1 is 1.33 bits per heavy atom. The summed E-state index contributed by atoms with van der Waals surface area (Å²) in [5.41, 5.74) is 4.23. The lowest BCUT2D eigenvalue weighted by Crippen LogP contribution is -2.47. The summed E-state index contributed by atoms with van der Waals surface area (Å²) in [6, 6.07) is 4.27. The smallest absolute Gasteiger partial charge is 0.258 e. The van der Waals surface area contributed by atoms with Crippen LogP contribution in [0.25, 0.3) is 5.65 Å². The highest BCUT2D eigenvalue weighted by molar-refractivity contribution is 6.31. The minimum absolute atomic E-state index is 0.0788. The second-order valence-corrected chi connectivity index (χ2v) is 9.02. The maximum Gasteiger partial charge on any atom is 0.258 e. The van der Waals surface area contributed by atoms with Gasteiger partial charge in [-0.25, -0.2) is 13.9 Å². The zero-order chi connectivity index (χ0) is 23.3. The average Bonchev–Trinajstić information content (AvgIpc) is 3.32. The summed E-state index contributed by atoms with van der Waals surface area (Å²) >= 11 is 6.31. The van der Waals surface area contributed by atoms with Crippen LogP contribution in [0.4, 0.5) is 4.39 Å². The van der Waals surface area contributed by atoms with Crippen LogP contribution in [0.15, 0.2) is 18.2 Å². The van der Waals surface area contributed by atoms with Crippen LogP contribution in [-0.4, -0.2) is 55.8 Å². The molecule has 1 aliphatic carbocycles. The summed E-state index contributed by atoms with van der Waals surface area (Å²) in [5.74, 6) is -0.441. The lowest BCUT2D eigenvalue weighted by molar-refractivity contribution is 0.0695. The molecule has 0 unspecified atom stereocenters. The molecule has 0 saturated heterocycles. The molecule has 33 heavy (non-hydrogen) atoms. The van der Waals surface area contributed by atoms with E-state index in [-0.39, 0.29) is 30.4 Å². The second-order valence-electron chi connectivity index (χ2n) is 8.64.